The van der Waals surface area contributed by atoms with Gasteiger partial charge in [-0.05, 0) is 36.5 Å². The van der Waals surface area contributed by atoms with E-state index in [0.29, 0.717) is 0 Å². The molecule has 1 aromatic carbocycles. The van der Waals surface area contributed by atoms with Gasteiger partial charge in [-0.2, -0.15) is 0 Å². The molecular weight excluding hydrogens is 210 g/mol. The van der Waals surface area contributed by atoms with Crippen LogP contribution >= 0.6 is 0 Å². The first-order chi connectivity index (χ1) is 8.38. The maximum Gasteiger partial charge on any atom is 0.0681 e. The molecule has 1 saturated carbocycles. The molecule has 1 fully saturated rings. The van der Waals surface area contributed by atoms with E-state index in [9.17, 15) is 0 Å². The van der Waals surface area contributed by atoms with Gasteiger partial charge >= 0.3 is 0 Å². The summed E-state index contributed by atoms with van der Waals surface area (Å²) in [6.07, 6.45) is 8.39. The Kier molecular flexibility index (Phi) is 4.87. The van der Waals surface area contributed by atoms with Crippen LogP contribution in [0.3, 0.4) is 0 Å². The van der Waals surface area contributed by atoms with Crippen LogP contribution in [0, 0.1) is 5.92 Å². The van der Waals surface area contributed by atoms with Gasteiger partial charge in [-0.25, -0.2) is 0 Å². The Hall–Kier alpha value is -1.02. The van der Waals surface area contributed by atoms with Gasteiger partial charge in [0.15, 0.2) is 0 Å². The number of anilines is 1. The lowest BCUT2D eigenvalue weighted by Crippen LogP contribution is -2.13. The Morgan fingerprint density at radius 2 is 1.65 bits per heavy atom. The van der Waals surface area contributed by atoms with E-state index in [-0.39, 0.29) is 6.61 Å². The molecule has 0 saturated heterocycles. The molecule has 0 unspecified atom stereocenters. The highest BCUT2D eigenvalue weighted by molar-refractivity contribution is 5.44. The van der Waals surface area contributed by atoms with E-state index in [1.165, 1.54) is 44.2 Å². The van der Waals surface area contributed by atoms with E-state index < -0.39 is 0 Å². The number of benzene rings is 1. The van der Waals surface area contributed by atoms with Crippen LogP contribution in [0.25, 0.3) is 0 Å². The molecule has 2 heteroatoms. The van der Waals surface area contributed by atoms with Crippen molar-refractivity contribution in [3.63, 3.8) is 0 Å². The molecule has 1 aliphatic rings. The van der Waals surface area contributed by atoms with Crippen molar-refractivity contribution in [2.75, 3.05) is 11.9 Å². The van der Waals surface area contributed by atoms with Gasteiger partial charge in [-0.3, -0.25) is 0 Å². The van der Waals surface area contributed by atoms with Gasteiger partial charge in [0.2, 0.25) is 0 Å². The Morgan fingerprint density at radius 3 is 2.24 bits per heavy atom. The van der Waals surface area contributed by atoms with E-state index in [4.69, 9.17) is 5.11 Å². The molecule has 0 spiro atoms. The number of aliphatic hydroxyl groups is 1. The summed E-state index contributed by atoms with van der Waals surface area (Å²) < 4.78 is 0. The lowest BCUT2D eigenvalue weighted by molar-refractivity contribution is 0.282. The van der Waals surface area contributed by atoms with Crippen LogP contribution < -0.4 is 5.32 Å². The summed E-state index contributed by atoms with van der Waals surface area (Å²) in [6.45, 7) is 1.22. The largest absolute Gasteiger partial charge is 0.392 e. The standard InChI is InChI=1S/C15H23NO/c17-12-14-7-9-15(10-8-14)16-11-13-5-3-1-2-4-6-13/h7-10,13,16-17H,1-6,11-12H2. The van der Waals surface area contributed by atoms with E-state index in [0.717, 1.165) is 18.0 Å². The Morgan fingerprint density at radius 1 is 1.00 bits per heavy atom. The van der Waals surface area contributed by atoms with Gasteiger partial charge in [0.25, 0.3) is 0 Å². The minimum absolute atomic E-state index is 0.128. The minimum Gasteiger partial charge on any atom is -0.392 e. The van der Waals surface area contributed by atoms with Crippen LogP contribution in [0.2, 0.25) is 0 Å². The van der Waals surface area contributed by atoms with E-state index >= 15 is 0 Å². The monoisotopic (exact) mass is 233 g/mol. The number of nitrogens with one attached hydrogen (secondary N) is 1. The average Bonchev–Trinajstić information content (AvgIpc) is 2.65. The third-order valence-corrected chi connectivity index (χ3v) is 3.71. The fraction of sp³-hybridized carbons (Fsp3) is 0.600. The van der Waals surface area contributed by atoms with Gasteiger partial charge in [0, 0.05) is 12.2 Å². The molecule has 2 N–H and O–H groups in total. The third kappa shape index (κ3) is 4.04. The van der Waals surface area contributed by atoms with Crippen LogP contribution in [-0.2, 0) is 6.61 Å². The molecule has 0 bridgehead atoms. The average molecular weight is 233 g/mol. The molecule has 2 rings (SSSR count). The SMILES string of the molecule is OCc1ccc(NCC2CCCCCC2)cc1. The zero-order valence-electron chi connectivity index (χ0n) is 10.5. The van der Waals surface area contributed by atoms with E-state index in [1.54, 1.807) is 0 Å². The molecule has 0 aliphatic heterocycles. The summed E-state index contributed by atoms with van der Waals surface area (Å²) in [5.41, 5.74) is 2.15. The summed E-state index contributed by atoms with van der Waals surface area (Å²) in [5.74, 6) is 0.843. The molecule has 0 amide bonds. The van der Waals surface area contributed by atoms with Crippen molar-refractivity contribution < 1.29 is 5.11 Å². The quantitative estimate of drug-likeness (QED) is 0.779. The van der Waals surface area contributed by atoms with Crippen LogP contribution in [0.1, 0.15) is 44.1 Å². The fourth-order valence-corrected chi connectivity index (χ4v) is 2.56. The number of hydrogen-bond acceptors (Lipinski definition) is 2. The van der Waals surface area contributed by atoms with Gasteiger partial charge in [0.1, 0.15) is 0 Å². The van der Waals surface area contributed by atoms with Crippen molar-refractivity contribution >= 4 is 5.69 Å². The smallest absolute Gasteiger partial charge is 0.0681 e. The topological polar surface area (TPSA) is 32.3 Å². The Bertz CT molecular complexity index is 312. The third-order valence-electron chi connectivity index (χ3n) is 3.71. The maximum absolute atomic E-state index is 8.97. The highest BCUT2D eigenvalue weighted by Crippen LogP contribution is 2.23. The summed E-state index contributed by atoms with van der Waals surface area (Å²) in [6, 6.07) is 8.08. The van der Waals surface area contributed by atoms with Crippen LogP contribution in [0.5, 0.6) is 0 Å². The summed E-state index contributed by atoms with van der Waals surface area (Å²) in [5, 5.41) is 12.5. The fourth-order valence-electron chi connectivity index (χ4n) is 2.56. The lowest BCUT2D eigenvalue weighted by Gasteiger charge is -2.15. The molecule has 0 atom stereocenters. The summed E-state index contributed by atoms with van der Waals surface area (Å²) in [7, 11) is 0. The molecule has 0 aromatic heterocycles. The summed E-state index contributed by atoms with van der Waals surface area (Å²) >= 11 is 0. The predicted molar refractivity (Wildman–Crippen MR) is 72.0 cm³/mol. The van der Waals surface area contributed by atoms with Gasteiger partial charge in [-0.15, -0.1) is 0 Å². The number of aliphatic hydroxyl groups excluding tert-OH is 1. The van der Waals surface area contributed by atoms with Gasteiger partial charge < -0.3 is 10.4 Å². The van der Waals surface area contributed by atoms with Crippen LogP contribution in [-0.4, -0.2) is 11.7 Å². The van der Waals surface area contributed by atoms with Crippen molar-refractivity contribution in [2.45, 2.75) is 45.1 Å². The van der Waals surface area contributed by atoms with Crippen molar-refractivity contribution in [3.8, 4) is 0 Å². The molecule has 17 heavy (non-hydrogen) atoms. The van der Waals surface area contributed by atoms with E-state index in [2.05, 4.69) is 17.4 Å². The molecule has 0 heterocycles. The molecule has 94 valence electrons. The second-order valence-corrected chi connectivity index (χ2v) is 5.09. The molecule has 1 aliphatic carbocycles. The first kappa shape index (κ1) is 12.4. The molecular formula is C15H23NO. The van der Waals surface area contributed by atoms with E-state index in [1.807, 2.05) is 12.1 Å². The molecule has 2 nitrogen and oxygen atoms in total. The second kappa shape index (κ2) is 6.65. The normalized spacial score (nSPS) is 17.7. The summed E-state index contributed by atoms with van der Waals surface area (Å²) in [4.78, 5) is 0. The first-order valence-corrected chi connectivity index (χ1v) is 6.82. The van der Waals surface area contributed by atoms with Crippen LogP contribution in [0.15, 0.2) is 24.3 Å². The van der Waals surface area contributed by atoms with Crippen molar-refractivity contribution in [3.05, 3.63) is 29.8 Å². The highest BCUT2D eigenvalue weighted by Gasteiger charge is 2.11. The van der Waals surface area contributed by atoms with Crippen molar-refractivity contribution in [1.82, 2.24) is 0 Å². The Labute approximate surface area is 104 Å². The maximum atomic E-state index is 8.97. The first-order valence-electron chi connectivity index (χ1n) is 6.82. The zero-order valence-corrected chi connectivity index (χ0v) is 10.5. The van der Waals surface area contributed by atoms with Crippen LogP contribution in [0.4, 0.5) is 5.69 Å². The van der Waals surface area contributed by atoms with Gasteiger partial charge in [-0.1, -0.05) is 37.8 Å². The lowest BCUT2D eigenvalue weighted by atomic mass is 10.0. The number of hydrogen-bond donors (Lipinski definition) is 2. The Balaban J connectivity index is 1.79. The van der Waals surface area contributed by atoms with Crippen molar-refractivity contribution in [1.29, 1.82) is 0 Å². The minimum atomic E-state index is 0.128. The van der Waals surface area contributed by atoms with Crippen molar-refractivity contribution in [2.24, 2.45) is 5.92 Å². The van der Waals surface area contributed by atoms with Gasteiger partial charge in [0.05, 0.1) is 6.61 Å². The molecule has 1 aromatic rings. The second-order valence-electron chi connectivity index (χ2n) is 5.09. The highest BCUT2D eigenvalue weighted by atomic mass is 16.3. The zero-order chi connectivity index (χ0) is 11.9. The predicted octanol–water partition coefficient (Wildman–Crippen LogP) is 3.56. The number of rotatable bonds is 4. The molecule has 0 radical (unpaired) electrons.